The van der Waals surface area contributed by atoms with E-state index in [1.807, 2.05) is 78.9 Å². The second-order valence-electron chi connectivity index (χ2n) is 6.20. The van der Waals surface area contributed by atoms with Crippen molar-refractivity contribution in [1.82, 2.24) is 20.3 Å². The largest absolute Gasteiger partial charge is 0.344 e. The Kier molecular flexibility index (Phi) is 4.85. The van der Waals surface area contributed by atoms with E-state index in [-0.39, 0.29) is 18.5 Å². The monoisotopic (exact) mass is 376 g/mol. The zero-order valence-corrected chi connectivity index (χ0v) is 15.2. The molecule has 0 spiro atoms. The van der Waals surface area contributed by atoms with Gasteiger partial charge in [-0.05, 0) is 35.4 Å². The predicted octanol–water partition coefficient (Wildman–Crippen LogP) is 3.99. The Labute approximate surface area is 161 Å². The van der Waals surface area contributed by atoms with Crippen LogP contribution in [0.15, 0.2) is 78.9 Å². The molecule has 0 saturated heterocycles. The van der Waals surface area contributed by atoms with Gasteiger partial charge in [0, 0.05) is 5.02 Å². The summed E-state index contributed by atoms with van der Waals surface area (Å²) in [5.74, 6) is -0.144. The predicted molar refractivity (Wildman–Crippen MR) is 105 cm³/mol. The maximum atomic E-state index is 12.8. The van der Waals surface area contributed by atoms with Gasteiger partial charge in [0.1, 0.15) is 12.1 Å². The standard InChI is InChI=1S/C21H17ClN4O/c22-17-12-10-16(11-13-17)21(15-6-2-1-3-7-15)23-20(27)14-26-19-9-5-4-8-18(19)24-25-26/h1-13,21H,14H2,(H,23,27). The Hall–Kier alpha value is -3.18. The topological polar surface area (TPSA) is 59.8 Å². The average molecular weight is 377 g/mol. The summed E-state index contributed by atoms with van der Waals surface area (Å²) >= 11 is 6.01. The van der Waals surface area contributed by atoms with Crippen LogP contribution in [0.1, 0.15) is 17.2 Å². The quantitative estimate of drug-likeness (QED) is 0.573. The molecule has 1 unspecified atom stereocenters. The molecule has 1 aromatic heterocycles. The van der Waals surface area contributed by atoms with Gasteiger partial charge in [-0.15, -0.1) is 5.10 Å². The normalized spacial score (nSPS) is 12.0. The van der Waals surface area contributed by atoms with Crippen LogP contribution in [0.5, 0.6) is 0 Å². The van der Waals surface area contributed by atoms with E-state index in [1.54, 1.807) is 4.68 Å². The third-order valence-electron chi connectivity index (χ3n) is 4.36. The molecule has 27 heavy (non-hydrogen) atoms. The lowest BCUT2D eigenvalue weighted by Crippen LogP contribution is -2.32. The van der Waals surface area contributed by atoms with Crippen molar-refractivity contribution in [3.8, 4) is 0 Å². The molecule has 1 atom stereocenters. The molecule has 0 aliphatic rings. The van der Waals surface area contributed by atoms with E-state index in [0.717, 1.165) is 22.2 Å². The van der Waals surface area contributed by atoms with Crippen molar-refractivity contribution in [3.63, 3.8) is 0 Å². The van der Waals surface area contributed by atoms with Gasteiger partial charge in [0.25, 0.3) is 0 Å². The summed E-state index contributed by atoms with van der Waals surface area (Å²) in [4.78, 5) is 12.8. The number of halogens is 1. The molecule has 0 bridgehead atoms. The molecule has 5 nitrogen and oxygen atoms in total. The van der Waals surface area contributed by atoms with Crippen LogP contribution in [0.25, 0.3) is 11.0 Å². The first-order valence-corrected chi connectivity index (χ1v) is 8.96. The number of hydrogen-bond donors (Lipinski definition) is 1. The Balaban J connectivity index is 1.59. The molecule has 0 fully saturated rings. The molecule has 1 N–H and O–H groups in total. The number of rotatable bonds is 5. The summed E-state index contributed by atoms with van der Waals surface area (Å²) in [5, 5.41) is 11.9. The van der Waals surface area contributed by atoms with E-state index in [2.05, 4.69) is 15.6 Å². The highest BCUT2D eigenvalue weighted by Gasteiger charge is 2.18. The van der Waals surface area contributed by atoms with Gasteiger partial charge in [-0.1, -0.05) is 71.4 Å². The van der Waals surface area contributed by atoms with Crippen molar-refractivity contribution in [2.75, 3.05) is 0 Å². The summed E-state index contributed by atoms with van der Waals surface area (Å²) < 4.78 is 1.61. The van der Waals surface area contributed by atoms with Gasteiger partial charge in [-0.3, -0.25) is 4.79 Å². The molecule has 4 rings (SSSR count). The minimum Gasteiger partial charge on any atom is -0.344 e. The molecule has 4 aromatic rings. The Morgan fingerprint density at radius 2 is 1.59 bits per heavy atom. The molecule has 6 heteroatoms. The summed E-state index contributed by atoms with van der Waals surface area (Å²) in [6, 6.07) is 24.6. The highest BCUT2D eigenvalue weighted by molar-refractivity contribution is 6.30. The van der Waals surface area contributed by atoms with Crippen LogP contribution in [-0.4, -0.2) is 20.9 Å². The lowest BCUT2D eigenvalue weighted by molar-refractivity contribution is -0.122. The van der Waals surface area contributed by atoms with E-state index in [4.69, 9.17) is 11.6 Å². The van der Waals surface area contributed by atoms with Crippen LogP contribution >= 0.6 is 11.6 Å². The SMILES string of the molecule is O=C(Cn1nnc2ccccc21)NC(c1ccccc1)c1ccc(Cl)cc1. The van der Waals surface area contributed by atoms with Crippen LogP contribution in [0.3, 0.4) is 0 Å². The number of nitrogens with one attached hydrogen (secondary N) is 1. The molecule has 0 aliphatic carbocycles. The van der Waals surface area contributed by atoms with Crippen molar-refractivity contribution < 1.29 is 4.79 Å². The van der Waals surface area contributed by atoms with Crippen molar-refractivity contribution in [3.05, 3.63) is 95.0 Å². The number of hydrogen-bond acceptors (Lipinski definition) is 3. The molecular formula is C21H17ClN4O. The summed E-state index contributed by atoms with van der Waals surface area (Å²) in [7, 11) is 0. The number of fused-ring (bicyclic) bond motifs is 1. The second kappa shape index (κ2) is 7.60. The van der Waals surface area contributed by atoms with E-state index in [9.17, 15) is 4.79 Å². The van der Waals surface area contributed by atoms with Crippen LogP contribution < -0.4 is 5.32 Å². The molecule has 3 aromatic carbocycles. The number of amides is 1. The molecule has 134 valence electrons. The molecule has 0 radical (unpaired) electrons. The highest BCUT2D eigenvalue weighted by Crippen LogP contribution is 2.23. The number of nitrogens with zero attached hydrogens (tertiary/aromatic N) is 3. The maximum absolute atomic E-state index is 12.8. The first-order chi connectivity index (χ1) is 13.2. The van der Waals surface area contributed by atoms with Gasteiger partial charge < -0.3 is 5.32 Å². The Morgan fingerprint density at radius 1 is 0.926 bits per heavy atom. The first kappa shape index (κ1) is 17.2. The number of para-hydroxylation sites is 1. The molecular weight excluding hydrogens is 360 g/mol. The maximum Gasteiger partial charge on any atom is 0.242 e. The minimum atomic E-state index is -0.272. The van der Waals surface area contributed by atoms with Crippen molar-refractivity contribution in [2.24, 2.45) is 0 Å². The number of aromatic nitrogens is 3. The smallest absolute Gasteiger partial charge is 0.242 e. The van der Waals surface area contributed by atoms with Crippen LogP contribution in [0, 0.1) is 0 Å². The van der Waals surface area contributed by atoms with Gasteiger partial charge >= 0.3 is 0 Å². The van der Waals surface area contributed by atoms with Gasteiger partial charge in [0.2, 0.25) is 5.91 Å². The zero-order valence-electron chi connectivity index (χ0n) is 14.4. The van der Waals surface area contributed by atoms with Gasteiger partial charge in [0.05, 0.1) is 11.6 Å². The van der Waals surface area contributed by atoms with E-state index in [1.165, 1.54) is 0 Å². The number of carbonyl (C=O) groups is 1. The van der Waals surface area contributed by atoms with Gasteiger partial charge in [-0.25, -0.2) is 4.68 Å². The zero-order chi connectivity index (χ0) is 18.6. The van der Waals surface area contributed by atoms with Crippen LogP contribution in [-0.2, 0) is 11.3 Å². The molecule has 0 saturated carbocycles. The van der Waals surface area contributed by atoms with Crippen LogP contribution in [0.4, 0.5) is 0 Å². The summed E-state index contributed by atoms with van der Waals surface area (Å²) in [5.41, 5.74) is 3.55. The fourth-order valence-electron chi connectivity index (χ4n) is 3.04. The highest BCUT2D eigenvalue weighted by atomic mass is 35.5. The molecule has 1 amide bonds. The van der Waals surface area contributed by atoms with Crippen molar-refractivity contribution in [2.45, 2.75) is 12.6 Å². The lowest BCUT2D eigenvalue weighted by Gasteiger charge is -2.20. The van der Waals surface area contributed by atoms with Crippen molar-refractivity contribution >= 4 is 28.5 Å². The third-order valence-corrected chi connectivity index (χ3v) is 4.61. The lowest BCUT2D eigenvalue weighted by atomic mass is 9.98. The van der Waals surface area contributed by atoms with Crippen molar-refractivity contribution in [1.29, 1.82) is 0 Å². The summed E-state index contributed by atoms with van der Waals surface area (Å²) in [6.45, 7) is 0.0947. The first-order valence-electron chi connectivity index (χ1n) is 8.59. The number of benzene rings is 3. The van der Waals surface area contributed by atoms with E-state index < -0.39 is 0 Å². The van der Waals surface area contributed by atoms with Gasteiger partial charge in [-0.2, -0.15) is 0 Å². The third kappa shape index (κ3) is 3.83. The Bertz CT molecular complexity index is 1060. The molecule has 1 heterocycles. The Morgan fingerprint density at radius 3 is 2.37 bits per heavy atom. The summed E-state index contributed by atoms with van der Waals surface area (Å²) in [6.07, 6.45) is 0. The number of carbonyl (C=O) groups excluding carboxylic acids is 1. The second-order valence-corrected chi connectivity index (χ2v) is 6.64. The average Bonchev–Trinajstić information content (AvgIpc) is 3.10. The van der Waals surface area contributed by atoms with Gasteiger partial charge in [0.15, 0.2) is 0 Å². The fourth-order valence-corrected chi connectivity index (χ4v) is 3.16. The fraction of sp³-hybridized carbons (Fsp3) is 0.0952. The van der Waals surface area contributed by atoms with Crippen LogP contribution in [0.2, 0.25) is 5.02 Å². The minimum absolute atomic E-state index is 0.0947. The van der Waals surface area contributed by atoms with E-state index >= 15 is 0 Å². The van der Waals surface area contributed by atoms with E-state index in [0.29, 0.717) is 5.02 Å². The molecule has 0 aliphatic heterocycles.